The molecule has 0 fully saturated rings. The van der Waals surface area contributed by atoms with E-state index in [1.807, 2.05) is 18.2 Å². The van der Waals surface area contributed by atoms with Gasteiger partial charge in [-0.05, 0) is 46.3 Å². The molecule has 5 heteroatoms. The first kappa shape index (κ1) is 13.3. The molecule has 3 rings (SSSR count). The van der Waals surface area contributed by atoms with Gasteiger partial charge in [-0.3, -0.25) is 0 Å². The van der Waals surface area contributed by atoms with Gasteiger partial charge in [-0.1, -0.05) is 12.1 Å². The van der Waals surface area contributed by atoms with Gasteiger partial charge < -0.3 is 10.2 Å². The number of benzene rings is 2. The predicted octanol–water partition coefficient (Wildman–Crippen LogP) is 4.52. The molecular weight excluding hydrogens is 328 g/mol. The molecule has 20 heavy (non-hydrogen) atoms. The fourth-order valence-corrected chi connectivity index (χ4v) is 2.57. The third kappa shape index (κ3) is 2.23. The number of furan rings is 1. The van der Waals surface area contributed by atoms with Crippen LogP contribution in [0.25, 0.3) is 11.0 Å². The van der Waals surface area contributed by atoms with Crippen molar-refractivity contribution in [1.29, 1.82) is 0 Å². The van der Waals surface area contributed by atoms with Crippen LogP contribution in [0.5, 0.6) is 0 Å². The number of nitrogens with two attached hydrogens (primary N) is 1. The maximum absolute atomic E-state index is 13.7. The fraction of sp³-hybridized carbons (Fsp3) is 0.0667. The van der Waals surface area contributed by atoms with E-state index in [1.54, 1.807) is 6.07 Å². The van der Waals surface area contributed by atoms with Crippen LogP contribution in [-0.4, -0.2) is 0 Å². The molecule has 0 aliphatic rings. The molecule has 2 N–H and O–H groups in total. The van der Waals surface area contributed by atoms with E-state index in [4.69, 9.17) is 10.2 Å². The zero-order valence-corrected chi connectivity index (χ0v) is 11.8. The van der Waals surface area contributed by atoms with Crippen molar-refractivity contribution in [1.82, 2.24) is 0 Å². The van der Waals surface area contributed by atoms with Crippen molar-refractivity contribution >= 4 is 26.9 Å². The molecule has 0 radical (unpaired) electrons. The zero-order chi connectivity index (χ0) is 14.3. The molecule has 0 spiro atoms. The minimum absolute atomic E-state index is 0.0696. The molecule has 0 aliphatic carbocycles. The van der Waals surface area contributed by atoms with E-state index in [-0.39, 0.29) is 5.56 Å². The molecule has 3 aromatic rings. The Labute approximate surface area is 122 Å². The average molecular weight is 338 g/mol. The van der Waals surface area contributed by atoms with Gasteiger partial charge in [-0.25, -0.2) is 8.78 Å². The molecular formula is C15H10BrF2NO. The SMILES string of the molecule is NC(c1cc2cccc(Br)c2o1)c1cc(F)ccc1F. The summed E-state index contributed by atoms with van der Waals surface area (Å²) < 4.78 is 33.4. The summed E-state index contributed by atoms with van der Waals surface area (Å²) in [6, 6.07) is 9.64. The molecule has 1 aromatic heterocycles. The van der Waals surface area contributed by atoms with Gasteiger partial charge in [0.2, 0.25) is 0 Å². The van der Waals surface area contributed by atoms with Gasteiger partial charge in [0, 0.05) is 10.9 Å². The summed E-state index contributed by atoms with van der Waals surface area (Å²) in [7, 11) is 0. The van der Waals surface area contributed by atoms with E-state index in [0.29, 0.717) is 11.3 Å². The molecule has 0 bridgehead atoms. The number of hydrogen-bond donors (Lipinski definition) is 1. The molecule has 102 valence electrons. The first-order valence-corrected chi connectivity index (χ1v) is 6.74. The second-order valence-electron chi connectivity index (χ2n) is 4.45. The lowest BCUT2D eigenvalue weighted by Crippen LogP contribution is -2.13. The first-order chi connectivity index (χ1) is 9.56. The van der Waals surface area contributed by atoms with Gasteiger partial charge in [-0.15, -0.1) is 0 Å². The summed E-state index contributed by atoms with van der Waals surface area (Å²) in [6.07, 6.45) is 0. The van der Waals surface area contributed by atoms with E-state index < -0.39 is 17.7 Å². The van der Waals surface area contributed by atoms with Crippen LogP contribution in [0.4, 0.5) is 8.78 Å². The molecule has 1 heterocycles. The second kappa shape index (κ2) is 5.00. The van der Waals surface area contributed by atoms with Crippen LogP contribution >= 0.6 is 15.9 Å². The molecule has 2 nitrogen and oxygen atoms in total. The van der Waals surface area contributed by atoms with Gasteiger partial charge in [-0.2, -0.15) is 0 Å². The van der Waals surface area contributed by atoms with Crippen LogP contribution in [-0.2, 0) is 0 Å². The lowest BCUT2D eigenvalue weighted by Gasteiger charge is -2.10. The molecule has 1 unspecified atom stereocenters. The Bertz CT molecular complexity index is 785. The molecule has 0 saturated heterocycles. The van der Waals surface area contributed by atoms with Gasteiger partial charge in [0.25, 0.3) is 0 Å². The Morgan fingerprint density at radius 2 is 1.90 bits per heavy atom. The van der Waals surface area contributed by atoms with Gasteiger partial charge in [0.1, 0.15) is 23.0 Å². The van der Waals surface area contributed by atoms with Gasteiger partial charge in [0.05, 0.1) is 10.5 Å². The average Bonchev–Trinajstić information content (AvgIpc) is 2.86. The van der Waals surface area contributed by atoms with Crippen LogP contribution in [0.15, 0.2) is 51.4 Å². The zero-order valence-electron chi connectivity index (χ0n) is 10.2. The van der Waals surface area contributed by atoms with E-state index in [0.717, 1.165) is 28.1 Å². The van der Waals surface area contributed by atoms with Crippen molar-refractivity contribution in [2.24, 2.45) is 5.73 Å². The normalized spacial score (nSPS) is 12.8. The minimum atomic E-state index is -0.856. The standard InChI is InChI=1S/C15H10BrF2NO/c16-11-3-1-2-8-6-13(20-15(8)11)14(19)10-7-9(17)4-5-12(10)18/h1-7,14H,19H2. The van der Waals surface area contributed by atoms with Crippen LogP contribution in [0.1, 0.15) is 17.4 Å². The van der Waals surface area contributed by atoms with Crippen molar-refractivity contribution in [3.63, 3.8) is 0 Å². The van der Waals surface area contributed by atoms with Crippen LogP contribution in [0, 0.1) is 11.6 Å². The Kier molecular flexibility index (Phi) is 3.31. The van der Waals surface area contributed by atoms with Crippen molar-refractivity contribution in [3.05, 3.63) is 69.9 Å². The highest BCUT2D eigenvalue weighted by atomic mass is 79.9. The summed E-state index contributed by atoms with van der Waals surface area (Å²) in [5.41, 5.74) is 6.69. The molecule has 0 saturated carbocycles. The Balaban J connectivity index is 2.10. The Morgan fingerprint density at radius 3 is 2.65 bits per heavy atom. The first-order valence-electron chi connectivity index (χ1n) is 5.95. The monoisotopic (exact) mass is 337 g/mol. The smallest absolute Gasteiger partial charge is 0.148 e. The number of para-hydroxylation sites is 1. The lowest BCUT2D eigenvalue weighted by atomic mass is 10.0. The lowest BCUT2D eigenvalue weighted by molar-refractivity contribution is 0.505. The Morgan fingerprint density at radius 1 is 1.10 bits per heavy atom. The quantitative estimate of drug-likeness (QED) is 0.746. The number of halogens is 3. The topological polar surface area (TPSA) is 39.2 Å². The van der Waals surface area contributed by atoms with Crippen molar-refractivity contribution in [2.45, 2.75) is 6.04 Å². The van der Waals surface area contributed by atoms with E-state index in [9.17, 15) is 8.78 Å². The van der Waals surface area contributed by atoms with Crippen LogP contribution < -0.4 is 5.73 Å². The third-order valence-corrected chi connectivity index (χ3v) is 3.74. The van der Waals surface area contributed by atoms with Crippen LogP contribution in [0.2, 0.25) is 0 Å². The predicted molar refractivity (Wildman–Crippen MR) is 76.3 cm³/mol. The molecule has 1 atom stereocenters. The largest absolute Gasteiger partial charge is 0.458 e. The summed E-state index contributed by atoms with van der Waals surface area (Å²) in [4.78, 5) is 0. The fourth-order valence-electron chi connectivity index (χ4n) is 2.11. The summed E-state index contributed by atoms with van der Waals surface area (Å²) in [6.45, 7) is 0. The minimum Gasteiger partial charge on any atom is -0.458 e. The van der Waals surface area contributed by atoms with Gasteiger partial charge in [0.15, 0.2) is 0 Å². The highest BCUT2D eigenvalue weighted by molar-refractivity contribution is 9.10. The highest BCUT2D eigenvalue weighted by Crippen LogP contribution is 2.31. The maximum Gasteiger partial charge on any atom is 0.148 e. The van der Waals surface area contributed by atoms with Crippen molar-refractivity contribution in [3.8, 4) is 0 Å². The third-order valence-electron chi connectivity index (χ3n) is 3.11. The number of hydrogen-bond acceptors (Lipinski definition) is 2. The maximum atomic E-state index is 13.7. The molecule has 0 amide bonds. The summed E-state index contributed by atoms with van der Waals surface area (Å²) in [5.74, 6) is -0.705. The number of fused-ring (bicyclic) bond motifs is 1. The summed E-state index contributed by atoms with van der Waals surface area (Å²) in [5, 5.41) is 0.849. The van der Waals surface area contributed by atoms with Crippen LogP contribution in [0.3, 0.4) is 0 Å². The van der Waals surface area contributed by atoms with Gasteiger partial charge >= 0.3 is 0 Å². The van der Waals surface area contributed by atoms with Crippen molar-refractivity contribution < 1.29 is 13.2 Å². The molecule has 2 aromatic carbocycles. The Hall–Kier alpha value is -1.72. The summed E-state index contributed by atoms with van der Waals surface area (Å²) >= 11 is 3.37. The van der Waals surface area contributed by atoms with Crippen molar-refractivity contribution in [2.75, 3.05) is 0 Å². The number of rotatable bonds is 2. The second-order valence-corrected chi connectivity index (χ2v) is 5.30. The van der Waals surface area contributed by atoms with E-state index in [1.165, 1.54) is 0 Å². The van der Waals surface area contributed by atoms with E-state index >= 15 is 0 Å². The molecule has 0 aliphatic heterocycles. The van der Waals surface area contributed by atoms with E-state index in [2.05, 4.69) is 15.9 Å². The highest BCUT2D eigenvalue weighted by Gasteiger charge is 2.19.